The molecular weight excluding hydrogens is 344 g/mol. The van der Waals surface area contributed by atoms with Gasteiger partial charge in [0.05, 0.1) is 23.5 Å². The summed E-state index contributed by atoms with van der Waals surface area (Å²) in [6.45, 7) is 5.16. The van der Waals surface area contributed by atoms with Crippen LogP contribution in [0.3, 0.4) is 0 Å². The number of amides is 1. The number of likely N-dealkylation sites (tertiary alicyclic amines) is 1. The minimum atomic E-state index is -0.0767. The number of anilines is 1. The normalized spacial score (nSPS) is 19.8. The van der Waals surface area contributed by atoms with Gasteiger partial charge in [0, 0.05) is 51.1 Å². The van der Waals surface area contributed by atoms with Gasteiger partial charge in [-0.2, -0.15) is 0 Å². The maximum absolute atomic E-state index is 12.8. The number of nitrogens with zero attached hydrogens (tertiary/aromatic N) is 5. The highest BCUT2D eigenvalue weighted by atomic mass is 16.5. The van der Waals surface area contributed by atoms with Gasteiger partial charge in [-0.1, -0.05) is 0 Å². The monoisotopic (exact) mass is 368 g/mol. The highest BCUT2D eigenvalue weighted by Crippen LogP contribution is 2.40. The highest BCUT2D eigenvalue weighted by molar-refractivity contribution is 5.94. The van der Waals surface area contributed by atoms with Gasteiger partial charge < -0.3 is 15.0 Å². The summed E-state index contributed by atoms with van der Waals surface area (Å²) in [5.41, 5.74) is 1.57. The zero-order chi connectivity index (χ0) is 18.7. The summed E-state index contributed by atoms with van der Waals surface area (Å²) in [4.78, 5) is 31.7. The van der Waals surface area contributed by atoms with Crippen molar-refractivity contribution in [3.63, 3.8) is 0 Å². The van der Waals surface area contributed by atoms with Gasteiger partial charge in [-0.3, -0.25) is 14.8 Å². The predicted molar refractivity (Wildman–Crippen MR) is 99.1 cm³/mol. The summed E-state index contributed by atoms with van der Waals surface area (Å²) in [5.74, 6) is 0.471. The average Bonchev–Trinajstić information content (AvgIpc) is 3.12. The van der Waals surface area contributed by atoms with Gasteiger partial charge in [0.1, 0.15) is 0 Å². The maximum atomic E-state index is 12.8. The average molecular weight is 368 g/mol. The summed E-state index contributed by atoms with van der Waals surface area (Å²) in [6.07, 6.45) is 11.3. The van der Waals surface area contributed by atoms with Crippen LogP contribution >= 0.6 is 0 Å². The number of nitrogens with one attached hydrogen (secondary N) is 1. The molecule has 27 heavy (non-hydrogen) atoms. The number of hydrogen-bond donors (Lipinski definition) is 1. The van der Waals surface area contributed by atoms with Crippen LogP contribution in [0.5, 0.6) is 0 Å². The number of ether oxygens (including phenoxy) is 1. The Kier molecular flexibility index (Phi) is 4.98. The second-order valence-corrected chi connectivity index (χ2v) is 7.38. The SMILES string of the molecule is C[C@H](Nc1ncc(C(=O)N2CCC3(CCOCC3)C2)cn1)c1cnccn1. The van der Waals surface area contributed by atoms with E-state index in [9.17, 15) is 4.79 Å². The van der Waals surface area contributed by atoms with Crippen LogP contribution < -0.4 is 5.32 Å². The first-order valence-electron chi connectivity index (χ1n) is 9.37. The molecular formula is C19H24N6O2. The molecule has 0 bridgehead atoms. The van der Waals surface area contributed by atoms with Crippen molar-refractivity contribution in [3.8, 4) is 0 Å². The van der Waals surface area contributed by atoms with Crippen LogP contribution in [0, 0.1) is 5.41 Å². The molecule has 2 aromatic heterocycles. The quantitative estimate of drug-likeness (QED) is 0.883. The van der Waals surface area contributed by atoms with Crippen LogP contribution in [0.4, 0.5) is 5.95 Å². The number of carbonyl (C=O) groups excluding carboxylic acids is 1. The van der Waals surface area contributed by atoms with Gasteiger partial charge in [0.15, 0.2) is 0 Å². The zero-order valence-corrected chi connectivity index (χ0v) is 15.5. The van der Waals surface area contributed by atoms with Crippen molar-refractivity contribution in [2.75, 3.05) is 31.6 Å². The van der Waals surface area contributed by atoms with Crippen molar-refractivity contribution in [2.45, 2.75) is 32.2 Å². The first kappa shape index (κ1) is 17.8. The standard InChI is InChI=1S/C19H24N6O2/c1-14(16-12-20-5-6-21-16)24-18-22-10-15(11-23-18)17(26)25-7-2-19(13-25)3-8-27-9-4-19/h5-6,10-12,14H,2-4,7-9,13H2,1H3,(H,22,23,24)/t14-/m0/s1. The topological polar surface area (TPSA) is 93.1 Å². The molecule has 2 aliphatic rings. The molecule has 2 aliphatic heterocycles. The zero-order valence-electron chi connectivity index (χ0n) is 15.5. The lowest BCUT2D eigenvalue weighted by Gasteiger charge is -2.33. The van der Waals surface area contributed by atoms with Crippen LogP contribution in [-0.2, 0) is 4.74 Å². The minimum absolute atomic E-state index is 0.00638. The lowest BCUT2D eigenvalue weighted by atomic mass is 9.80. The Labute approximate surface area is 158 Å². The fourth-order valence-corrected chi connectivity index (χ4v) is 3.82. The molecule has 142 valence electrons. The van der Waals surface area contributed by atoms with E-state index in [2.05, 4.69) is 25.3 Å². The van der Waals surface area contributed by atoms with Gasteiger partial charge in [-0.25, -0.2) is 9.97 Å². The van der Waals surface area contributed by atoms with E-state index in [0.717, 1.165) is 51.3 Å². The minimum Gasteiger partial charge on any atom is -0.381 e. The van der Waals surface area contributed by atoms with Gasteiger partial charge in [0.2, 0.25) is 5.95 Å². The number of hydrogen-bond acceptors (Lipinski definition) is 7. The molecule has 1 amide bonds. The Morgan fingerprint density at radius 2 is 1.93 bits per heavy atom. The van der Waals surface area contributed by atoms with Crippen LogP contribution in [-0.4, -0.2) is 57.0 Å². The van der Waals surface area contributed by atoms with E-state index in [1.54, 1.807) is 31.0 Å². The van der Waals surface area contributed by atoms with Gasteiger partial charge >= 0.3 is 0 Å². The molecule has 0 aromatic carbocycles. The molecule has 0 unspecified atom stereocenters. The van der Waals surface area contributed by atoms with Gasteiger partial charge in [-0.15, -0.1) is 0 Å². The fraction of sp³-hybridized carbons (Fsp3) is 0.526. The highest BCUT2D eigenvalue weighted by Gasteiger charge is 2.41. The first-order valence-corrected chi connectivity index (χ1v) is 9.37. The second kappa shape index (κ2) is 7.56. The van der Waals surface area contributed by atoms with Crippen LogP contribution in [0.1, 0.15) is 48.3 Å². The summed E-state index contributed by atoms with van der Waals surface area (Å²) >= 11 is 0. The second-order valence-electron chi connectivity index (χ2n) is 7.38. The van der Waals surface area contributed by atoms with Crippen LogP contribution in [0.25, 0.3) is 0 Å². The van der Waals surface area contributed by atoms with E-state index in [-0.39, 0.29) is 17.4 Å². The first-order chi connectivity index (χ1) is 13.2. The number of carbonyl (C=O) groups is 1. The summed E-state index contributed by atoms with van der Waals surface area (Å²) < 4.78 is 5.47. The molecule has 8 heteroatoms. The van der Waals surface area contributed by atoms with E-state index >= 15 is 0 Å². The molecule has 2 saturated heterocycles. The van der Waals surface area contributed by atoms with E-state index in [4.69, 9.17) is 4.74 Å². The maximum Gasteiger partial charge on any atom is 0.257 e. The Morgan fingerprint density at radius 3 is 2.63 bits per heavy atom. The molecule has 0 aliphatic carbocycles. The molecule has 4 rings (SSSR count). The van der Waals surface area contributed by atoms with Crippen LogP contribution in [0.2, 0.25) is 0 Å². The summed E-state index contributed by atoms with van der Waals surface area (Å²) in [5, 5.41) is 3.18. The third-order valence-electron chi connectivity index (χ3n) is 5.55. The smallest absolute Gasteiger partial charge is 0.257 e. The Morgan fingerprint density at radius 1 is 1.15 bits per heavy atom. The van der Waals surface area contributed by atoms with E-state index < -0.39 is 0 Å². The fourth-order valence-electron chi connectivity index (χ4n) is 3.82. The lowest BCUT2D eigenvalue weighted by Crippen LogP contribution is -2.35. The van der Waals surface area contributed by atoms with Crippen LogP contribution in [0.15, 0.2) is 31.0 Å². The third-order valence-corrected chi connectivity index (χ3v) is 5.55. The molecule has 1 atom stereocenters. The molecule has 2 fully saturated rings. The van der Waals surface area contributed by atoms with Crippen molar-refractivity contribution in [2.24, 2.45) is 5.41 Å². The number of aromatic nitrogens is 4. The summed E-state index contributed by atoms with van der Waals surface area (Å²) in [7, 11) is 0. The van der Waals surface area contributed by atoms with Crippen molar-refractivity contribution < 1.29 is 9.53 Å². The van der Waals surface area contributed by atoms with Crippen molar-refractivity contribution in [1.82, 2.24) is 24.8 Å². The largest absolute Gasteiger partial charge is 0.381 e. The van der Waals surface area contributed by atoms with E-state index in [0.29, 0.717) is 11.5 Å². The summed E-state index contributed by atoms with van der Waals surface area (Å²) in [6, 6.07) is -0.0767. The molecule has 0 saturated carbocycles. The van der Waals surface area contributed by atoms with Gasteiger partial charge in [-0.05, 0) is 31.6 Å². The van der Waals surface area contributed by atoms with Crippen molar-refractivity contribution in [3.05, 3.63) is 42.2 Å². The Balaban J connectivity index is 1.38. The number of rotatable bonds is 4. The Hall–Kier alpha value is -2.61. The van der Waals surface area contributed by atoms with Crippen molar-refractivity contribution in [1.29, 1.82) is 0 Å². The lowest BCUT2D eigenvalue weighted by molar-refractivity contribution is 0.0191. The molecule has 0 radical (unpaired) electrons. The molecule has 1 spiro atoms. The predicted octanol–water partition coefficient (Wildman–Crippen LogP) is 2.08. The molecule has 8 nitrogen and oxygen atoms in total. The molecule has 1 N–H and O–H groups in total. The van der Waals surface area contributed by atoms with E-state index in [1.807, 2.05) is 11.8 Å². The molecule has 2 aromatic rings. The third kappa shape index (κ3) is 3.90. The van der Waals surface area contributed by atoms with E-state index in [1.165, 1.54) is 0 Å². The Bertz CT molecular complexity index is 777. The van der Waals surface area contributed by atoms with Gasteiger partial charge in [0.25, 0.3) is 5.91 Å². The van der Waals surface area contributed by atoms with Crippen molar-refractivity contribution >= 4 is 11.9 Å². The molecule has 4 heterocycles.